The number of aliphatic carboxylic acids is 1. The fourth-order valence-electron chi connectivity index (χ4n) is 4.64. The maximum Gasteiger partial charge on any atom is 0.326 e. The molecule has 2 fully saturated rings. The lowest BCUT2D eigenvalue weighted by molar-refractivity contribution is -0.144. The zero-order valence-electron chi connectivity index (χ0n) is 21.0. The van der Waals surface area contributed by atoms with E-state index in [0.29, 0.717) is 11.3 Å². The van der Waals surface area contributed by atoms with E-state index in [-0.39, 0.29) is 34.9 Å². The quantitative estimate of drug-likeness (QED) is 0.357. The van der Waals surface area contributed by atoms with Crippen LogP contribution in [-0.2, 0) is 30.3 Å². The van der Waals surface area contributed by atoms with Gasteiger partial charge in [-0.05, 0) is 42.7 Å². The molecule has 12 heteroatoms. The van der Waals surface area contributed by atoms with Gasteiger partial charge >= 0.3 is 5.97 Å². The van der Waals surface area contributed by atoms with Gasteiger partial charge in [0.2, 0.25) is 0 Å². The van der Waals surface area contributed by atoms with Gasteiger partial charge in [0.05, 0.1) is 15.6 Å². The van der Waals surface area contributed by atoms with Crippen molar-refractivity contribution in [2.24, 2.45) is 0 Å². The van der Waals surface area contributed by atoms with Crippen LogP contribution in [0.2, 0.25) is 10.0 Å². The summed E-state index contributed by atoms with van der Waals surface area (Å²) in [6, 6.07) is 9.93. The summed E-state index contributed by atoms with van der Waals surface area (Å²) in [6.07, 6.45) is 2.46. The molecule has 0 unspecified atom stereocenters. The lowest BCUT2D eigenvalue weighted by Crippen LogP contribution is -2.53. The molecule has 1 heterocycles. The minimum atomic E-state index is -1.29. The second kappa shape index (κ2) is 13.3. The van der Waals surface area contributed by atoms with Crippen molar-refractivity contribution in [3.8, 4) is 0 Å². The second-order valence-corrected chi connectivity index (χ2v) is 10.3. The summed E-state index contributed by atoms with van der Waals surface area (Å²) in [4.78, 5) is 50.1. The third kappa shape index (κ3) is 7.48. The van der Waals surface area contributed by atoms with E-state index >= 15 is 0 Å². The fourth-order valence-corrected chi connectivity index (χ4v) is 5.21. The lowest BCUT2D eigenvalue weighted by atomic mass is 9.95. The Kier molecular flexibility index (Phi) is 9.79. The Labute approximate surface area is 235 Å². The van der Waals surface area contributed by atoms with Gasteiger partial charge < -0.3 is 30.5 Å². The number of hydrogen-bond donors (Lipinski definition) is 4. The molecular formula is C27H29Cl2N3O7. The predicted molar refractivity (Wildman–Crippen MR) is 144 cm³/mol. The van der Waals surface area contributed by atoms with E-state index in [1.54, 1.807) is 42.5 Å². The highest BCUT2D eigenvalue weighted by molar-refractivity contribution is 6.40. The van der Waals surface area contributed by atoms with Crippen molar-refractivity contribution in [3.63, 3.8) is 0 Å². The Balaban J connectivity index is 1.34. The fraction of sp³-hybridized carbons (Fsp3) is 0.407. The largest absolute Gasteiger partial charge is 0.480 e. The average Bonchev–Trinajstić information content (AvgIpc) is 3.40. The molecule has 2 aromatic carbocycles. The van der Waals surface area contributed by atoms with Crippen molar-refractivity contribution in [1.82, 2.24) is 10.6 Å². The van der Waals surface area contributed by atoms with Crippen molar-refractivity contribution < 1.29 is 33.8 Å². The first kappa shape index (κ1) is 28.8. The third-order valence-corrected chi connectivity index (χ3v) is 7.32. The number of nitrogens with one attached hydrogen (secondary N) is 3. The molecule has 4 rings (SSSR count). The van der Waals surface area contributed by atoms with E-state index in [0.717, 1.165) is 32.1 Å². The van der Waals surface area contributed by atoms with Gasteiger partial charge in [-0.1, -0.05) is 60.7 Å². The van der Waals surface area contributed by atoms with E-state index in [2.05, 4.69) is 16.0 Å². The van der Waals surface area contributed by atoms with Gasteiger partial charge in [0, 0.05) is 18.2 Å². The molecule has 1 saturated carbocycles. The van der Waals surface area contributed by atoms with Crippen LogP contribution in [0.1, 0.15) is 48.0 Å². The number of anilines is 1. The van der Waals surface area contributed by atoms with Gasteiger partial charge in [-0.3, -0.25) is 14.4 Å². The molecule has 0 bridgehead atoms. The van der Waals surface area contributed by atoms with Crippen LogP contribution in [-0.4, -0.2) is 59.9 Å². The number of ether oxygens (including phenoxy) is 2. The predicted octanol–water partition coefficient (Wildman–Crippen LogP) is 3.55. The topological polar surface area (TPSA) is 143 Å². The number of carbonyl (C=O) groups excluding carboxylic acids is 3. The second-order valence-electron chi connectivity index (χ2n) is 9.49. The molecule has 2 aromatic rings. The van der Waals surface area contributed by atoms with Crippen LogP contribution in [0.25, 0.3) is 0 Å². The SMILES string of the molecule is O=C(Nc1ccc(C[C@H](NC(=O)[C@@H]2OCO[C@H]2C(=O)NC2CCCCC2)C(=O)O)cc1)c1c(Cl)cccc1Cl. The number of rotatable bonds is 9. The number of amides is 3. The van der Waals surface area contributed by atoms with Gasteiger partial charge in [0.15, 0.2) is 12.2 Å². The zero-order chi connectivity index (χ0) is 27.9. The molecule has 0 spiro atoms. The van der Waals surface area contributed by atoms with Gasteiger partial charge in [0.25, 0.3) is 17.7 Å². The summed E-state index contributed by atoms with van der Waals surface area (Å²) in [5.74, 6) is -2.93. The van der Waals surface area contributed by atoms with Crippen LogP contribution >= 0.6 is 23.2 Å². The van der Waals surface area contributed by atoms with Gasteiger partial charge in [-0.2, -0.15) is 0 Å². The van der Waals surface area contributed by atoms with Crippen LogP contribution in [0, 0.1) is 0 Å². The van der Waals surface area contributed by atoms with E-state index < -0.39 is 41.9 Å². The minimum Gasteiger partial charge on any atom is -0.480 e. The first-order valence-corrected chi connectivity index (χ1v) is 13.4. The highest BCUT2D eigenvalue weighted by Gasteiger charge is 2.42. The van der Waals surface area contributed by atoms with E-state index in [1.807, 2.05) is 0 Å². The molecule has 4 N–H and O–H groups in total. The maximum absolute atomic E-state index is 12.9. The number of halogens is 2. The lowest BCUT2D eigenvalue weighted by Gasteiger charge is -2.25. The van der Waals surface area contributed by atoms with E-state index in [1.165, 1.54) is 0 Å². The van der Waals surface area contributed by atoms with Crippen LogP contribution in [0.5, 0.6) is 0 Å². The monoisotopic (exact) mass is 577 g/mol. The molecule has 3 atom stereocenters. The molecule has 0 radical (unpaired) electrons. The average molecular weight is 578 g/mol. The summed E-state index contributed by atoms with van der Waals surface area (Å²) >= 11 is 12.2. The number of carboxylic acids is 1. The molecule has 3 amide bonds. The number of hydrogen-bond acceptors (Lipinski definition) is 6. The first-order valence-electron chi connectivity index (χ1n) is 12.6. The molecule has 0 aromatic heterocycles. The Morgan fingerprint density at radius 1 is 0.897 bits per heavy atom. The Hall–Kier alpha value is -3.18. The summed E-state index contributed by atoms with van der Waals surface area (Å²) < 4.78 is 10.7. The third-order valence-electron chi connectivity index (χ3n) is 6.69. The van der Waals surface area contributed by atoms with Gasteiger partial charge in [0.1, 0.15) is 12.8 Å². The van der Waals surface area contributed by atoms with Crippen molar-refractivity contribution in [1.29, 1.82) is 0 Å². The zero-order valence-corrected chi connectivity index (χ0v) is 22.5. The van der Waals surface area contributed by atoms with Crippen LogP contribution in [0.4, 0.5) is 5.69 Å². The molecule has 39 heavy (non-hydrogen) atoms. The maximum atomic E-state index is 12.9. The van der Waals surface area contributed by atoms with Gasteiger partial charge in [-0.25, -0.2) is 4.79 Å². The van der Waals surface area contributed by atoms with Crippen LogP contribution < -0.4 is 16.0 Å². The number of carboxylic acid groups (broad SMARTS) is 1. The van der Waals surface area contributed by atoms with Gasteiger partial charge in [-0.15, -0.1) is 0 Å². The van der Waals surface area contributed by atoms with E-state index in [9.17, 15) is 24.3 Å². The van der Waals surface area contributed by atoms with Crippen LogP contribution in [0.15, 0.2) is 42.5 Å². The molecular weight excluding hydrogens is 549 g/mol. The normalized spacial score (nSPS) is 20.2. The summed E-state index contributed by atoms with van der Waals surface area (Å²) in [5.41, 5.74) is 1.17. The summed E-state index contributed by atoms with van der Waals surface area (Å²) in [5, 5.41) is 18.2. The van der Waals surface area contributed by atoms with E-state index in [4.69, 9.17) is 32.7 Å². The first-order chi connectivity index (χ1) is 18.7. The molecule has 208 valence electrons. The Morgan fingerprint density at radius 3 is 2.13 bits per heavy atom. The molecule has 1 aliphatic carbocycles. The highest BCUT2D eigenvalue weighted by Crippen LogP contribution is 2.25. The highest BCUT2D eigenvalue weighted by atomic mass is 35.5. The van der Waals surface area contributed by atoms with Crippen molar-refractivity contribution in [2.75, 3.05) is 12.1 Å². The smallest absolute Gasteiger partial charge is 0.326 e. The summed E-state index contributed by atoms with van der Waals surface area (Å²) in [6.45, 7) is -0.245. The Morgan fingerprint density at radius 2 is 1.51 bits per heavy atom. The number of carbonyl (C=O) groups is 4. The van der Waals surface area contributed by atoms with Crippen molar-refractivity contribution >= 4 is 52.6 Å². The standard InChI is InChI=1S/C27H29Cl2N3O7/c28-18-7-4-8-19(29)21(18)24(33)30-17-11-9-15(10-12-17)13-20(27(36)37)32-26(35)23-22(38-14-39-23)25(34)31-16-5-2-1-3-6-16/h4,7-12,16,20,22-23H,1-3,5-6,13-14H2,(H,30,33)(H,31,34)(H,32,35)(H,36,37)/t20-,22+,23+/m0/s1. The van der Waals surface area contributed by atoms with Crippen molar-refractivity contribution in [3.05, 3.63) is 63.6 Å². The minimum absolute atomic E-state index is 0.0281. The Bertz CT molecular complexity index is 1200. The molecule has 2 aliphatic rings. The summed E-state index contributed by atoms with van der Waals surface area (Å²) in [7, 11) is 0. The molecule has 1 saturated heterocycles. The van der Waals surface area contributed by atoms with Crippen LogP contribution in [0.3, 0.4) is 0 Å². The number of benzene rings is 2. The molecule has 1 aliphatic heterocycles. The van der Waals surface area contributed by atoms with Crippen molar-refractivity contribution in [2.45, 2.75) is 62.8 Å². The molecule has 10 nitrogen and oxygen atoms in total.